The standard InChI is InChI=1S/C14H22N2O4/c1-3-8-15-14-12(11-20-10-9-19-4-2)6-5-7-13(14)16(17)18/h5-7,15H,3-4,8-11H2,1-2H3. The smallest absolute Gasteiger partial charge is 0.292 e. The highest BCUT2D eigenvalue weighted by molar-refractivity contribution is 5.66. The van der Waals surface area contributed by atoms with E-state index in [-0.39, 0.29) is 10.6 Å². The van der Waals surface area contributed by atoms with Gasteiger partial charge < -0.3 is 14.8 Å². The van der Waals surface area contributed by atoms with Crippen LogP contribution in [0.15, 0.2) is 18.2 Å². The fourth-order valence-electron chi connectivity index (χ4n) is 1.76. The Labute approximate surface area is 119 Å². The first-order chi connectivity index (χ1) is 9.70. The highest BCUT2D eigenvalue weighted by Crippen LogP contribution is 2.28. The molecule has 1 N–H and O–H groups in total. The van der Waals surface area contributed by atoms with Gasteiger partial charge in [0.05, 0.1) is 24.7 Å². The van der Waals surface area contributed by atoms with E-state index in [2.05, 4.69) is 5.32 Å². The molecule has 0 heterocycles. The molecule has 112 valence electrons. The Bertz CT molecular complexity index is 424. The molecule has 0 fully saturated rings. The molecule has 0 saturated carbocycles. The lowest BCUT2D eigenvalue weighted by atomic mass is 10.1. The highest BCUT2D eigenvalue weighted by atomic mass is 16.6. The van der Waals surface area contributed by atoms with Crippen molar-refractivity contribution in [2.24, 2.45) is 0 Å². The van der Waals surface area contributed by atoms with E-state index in [4.69, 9.17) is 9.47 Å². The lowest BCUT2D eigenvalue weighted by molar-refractivity contribution is -0.384. The summed E-state index contributed by atoms with van der Waals surface area (Å²) in [6.45, 7) is 6.63. The minimum atomic E-state index is -0.373. The molecule has 6 heteroatoms. The number of hydrogen-bond donors (Lipinski definition) is 1. The molecule has 6 nitrogen and oxygen atoms in total. The first kappa shape index (κ1) is 16.4. The van der Waals surface area contributed by atoms with Crippen LogP contribution in [0.3, 0.4) is 0 Å². The molecule has 0 aliphatic carbocycles. The van der Waals surface area contributed by atoms with E-state index in [9.17, 15) is 10.1 Å². The summed E-state index contributed by atoms with van der Waals surface area (Å²) < 4.78 is 10.7. The summed E-state index contributed by atoms with van der Waals surface area (Å²) in [5.74, 6) is 0. The van der Waals surface area contributed by atoms with Gasteiger partial charge in [0.25, 0.3) is 5.69 Å². The molecule has 0 aliphatic rings. The highest BCUT2D eigenvalue weighted by Gasteiger charge is 2.16. The van der Waals surface area contributed by atoms with Gasteiger partial charge in [-0.3, -0.25) is 10.1 Å². The van der Waals surface area contributed by atoms with Crippen molar-refractivity contribution in [1.82, 2.24) is 0 Å². The van der Waals surface area contributed by atoms with Crippen LogP contribution < -0.4 is 5.32 Å². The Balaban J connectivity index is 2.72. The number of rotatable bonds is 10. The number of para-hydroxylation sites is 1. The van der Waals surface area contributed by atoms with E-state index in [0.717, 1.165) is 12.0 Å². The number of nitro benzene ring substituents is 1. The van der Waals surface area contributed by atoms with Crippen molar-refractivity contribution in [3.05, 3.63) is 33.9 Å². The second kappa shape index (κ2) is 9.28. The van der Waals surface area contributed by atoms with Gasteiger partial charge in [-0.1, -0.05) is 19.1 Å². The lowest BCUT2D eigenvalue weighted by Crippen LogP contribution is -2.09. The van der Waals surface area contributed by atoms with Crippen molar-refractivity contribution in [1.29, 1.82) is 0 Å². The zero-order valence-electron chi connectivity index (χ0n) is 12.1. The average molecular weight is 282 g/mol. The van der Waals surface area contributed by atoms with Crippen molar-refractivity contribution in [3.63, 3.8) is 0 Å². The molecule has 20 heavy (non-hydrogen) atoms. The molecule has 1 rings (SSSR count). The monoisotopic (exact) mass is 282 g/mol. The molecule has 0 saturated heterocycles. The predicted octanol–water partition coefficient (Wildman–Crippen LogP) is 2.97. The topological polar surface area (TPSA) is 73.6 Å². The first-order valence-electron chi connectivity index (χ1n) is 6.86. The van der Waals surface area contributed by atoms with Crippen LogP contribution in [-0.2, 0) is 16.1 Å². The summed E-state index contributed by atoms with van der Waals surface area (Å²) in [7, 11) is 0. The summed E-state index contributed by atoms with van der Waals surface area (Å²) in [6, 6.07) is 5.02. The van der Waals surface area contributed by atoms with Gasteiger partial charge in [-0.15, -0.1) is 0 Å². The Hall–Kier alpha value is -1.66. The van der Waals surface area contributed by atoms with Gasteiger partial charge in [0, 0.05) is 24.8 Å². The van der Waals surface area contributed by atoms with E-state index < -0.39 is 0 Å². The number of nitrogens with one attached hydrogen (secondary N) is 1. The van der Waals surface area contributed by atoms with Gasteiger partial charge in [-0.2, -0.15) is 0 Å². The summed E-state index contributed by atoms with van der Waals surface area (Å²) in [5, 5.41) is 14.2. The van der Waals surface area contributed by atoms with Crippen LogP contribution in [0.2, 0.25) is 0 Å². The van der Waals surface area contributed by atoms with Gasteiger partial charge in [-0.25, -0.2) is 0 Å². The molecule has 0 atom stereocenters. The van der Waals surface area contributed by atoms with Crippen LogP contribution in [0, 0.1) is 10.1 Å². The van der Waals surface area contributed by atoms with Crippen molar-refractivity contribution < 1.29 is 14.4 Å². The summed E-state index contributed by atoms with van der Waals surface area (Å²) in [6.07, 6.45) is 0.899. The third-order valence-electron chi connectivity index (χ3n) is 2.71. The summed E-state index contributed by atoms with van der Waals surface area (Å²) >= 11 is 0. The molecule has 0 bridgehead atoms. The number of nitro groups is 1. The van der Waals surface area contributed by atoms with Crippen LogP contribution in [0.1, 0.15) is 25.8 Å². The largest absolute Gasteiger partial charge is 0.379 e. The second-order valence-electron chi connectivity index (χ2n) is 4.24. The second-order valence-corrected chi connectivity index (χ2v) is 4.24. The van der Waals surface area contributed by atoms with Gasteiger partial charge in [0.2, 0.25) is 0 Å². The van der Waals surface area contributed by atoms with Crippen molar-refractivity contribution in [3.8, 4) is 0 Å². The third-order valence-corrected chi connectivity index (χ3v) is 2.71. The number of benzene rings is 1. The van der Waals surface area contributed by atoms with Crippen molar-refractivity contribution in [2.75, 3.05) is 31.7 Å². The van der Waals surface area contributed by atoms with E-state index in [1.165, 1.54) is 6.07 Å². The van der Waals surface area contributed by atoms with Crippen LogP contribution in [0.5, 0.6) is 0 Å². The minimum Gasteiger partial charge on any atom is -0.379 e. The molecule has 0 radical (unpaired) electrons. The predicted molar refractivity (Wildman–Crippen MR) is 78.0 cm³/mol. The fourth-order valence-corrected chi connectivity index (χ4v) is 1.76. The van der Waals surface area contributed by atoms with Crippen LogP contribution >= 0.6 is 0 Å². The van der Waals surface area contributed by atoms with Crippen LogP contribution in [0.4, 0.5) is 11.4 Å². The Morgan fingerprint density at radius 3 is 2.65 bits per heavy atom. The molecule has 0 aliphatic heterocycles. The van der Waals surface area contributed by atoms with Gasteiger partial charge in [-0.05, 0) is 13.3 Å². The molecular formula is C14H22N2O4. The fraction of sp³-hybridized carbons (Fsp3) is 0.571. The van der Waals surface area contributed by atoms with E-state index in [1.807, 2.05) is 19.9 Å². The van der Waals surface area contributed by atoms with E-state index >= 15 is 0 Å². The summed E-state index contributed by atoms with van der Waals surface area (Å²) in [4.78, 5) is 10.7. The third kappa shape index (κ3) is 5.14. The maximum Gasteiger partial charge on any atom is 0.292 e. The lowest BCUT2D eigenvalue weighted by Gasteiger charge is -2.12. The number of hydrogen-bond acceptors (Lipinski definition) is 5. The molecule has 1 aromatic carbocycles. The van der Waals surface area contributed by atoms with Crippen molar-refractivity contribution in [2.45, 2.75) is 26.9 Å². The molecule has 0 amide bonds. The van der Waals surface area contributed by atoms with Crippen LogP contribution in [-0.4, -0.2) is 31.3 Å². The zero-order valence-corrected chi connectivity index (χ0v) is 12.1. The van der Waals surface area contributed by atoms with Gasteiger partial charge >= 0.3 is 0 Å². The van der Waals surface area contributed by atoms with Crippen molar-refractivity contribution >= 4 is 11.4 Å². The van der Waals surface area contributed by atoms with Crippen LogP contribution in [0.25, 0.3) is 0 Å². The Morgan fingerprint density at radius 2 is 2.00 bits per heavy atom. The molecule has 0 unspecified atom stereocenters. The summed E-state index contributed by atoms with van der Waals surface area (Å²) in [5.41, 5.74) is 1.43. The zero-order chi connectivity index (χ0) is 14.8. The quantitative estimate of drug-likeness (QED) is 0.406. The maximum atomic E-state index is 11.1. The van der Waals surface area contributed by atoms with E-state index in [0.29, 0.717) is 38.7 Å². The number of ether oxygens (including phenoxy) is 2. The first-order valence-corrected chi connectivity index (χ1v) is 6.86. The number of anilines is 1. The SMILES string of the molecule is CCCNc1c(COCCOCC)cccc1[N+](=O)[O-]. The normalized spacial score (nSPS) is 10.5. The number of nitrogens with zero attached hydrogens (tertiary/aromatic N) is 1. The minimum absolute atomic E-state index is 0.0874. The van der Waals surface area contributed by atoms with Gasteiger partial charge in [0.15, 0.2) is 0 Å². The average Bonchev–Trinajstić information content (AvgIpc) is 2.45. The molecular weight excluding hydrogens is 260 g/mol. The molecule has 0 aromatic heterocycles. The molecule has 1 aromatic rings. The molecule has 0 spiro atoms. The van der Waals surface area contributed by atoms with E-state index in [1.54, 1.807) is 6.07 Å². The van der Waals surface area contributed by atoms with Gasteiger partial charge in [0.1, 0.15) is 5.69 Å². The Morgan fingerprint density at radius 1 is 1.25 bits per heavy atom. The Kier molecular flexibility index (Phi) is 7.60. The maximum absolute atomic E-state index is 11.1.